The van der Waals surface area contributed by atoms with Crippen molar-refractivity contribution in [1.82, 2.24) is 9.62 Å². The van der Waals surface area contributed by atoms with Crippen molar-refractivity contribution in [2.24, 2.45) is 0 Å². The predicted octanol–water partition coefficient (Wildman–Crippen LogP) is 0.899. The van der Waals surface area contributed by atoms with Gasteiger partial charge in [0.1, 0.15) is 0 Å². The van der Waals surface area contributed by atoms with Crippen LogP contribution in [0.25, 0.3) is 0 Å². The van der Waals surface area contributed by atoms with Crippen LogP contribution < -0.4 is 10.0 Å². The molecular formula is C16H22N4O3S. The van der Waals surface area contributed by atoms with E-state index in [1.807, 2.05) is 17.9 Å². The number of likely N-dealkylation sites (tertiary alicyclic amines) is 1. The summed E-state index contributed by atoms with van der Waals surface area (Å²) in [6.07, 6.45) is 2.51. The van der Waals surface area contributed by atoms with Crippen LogP contribution in [0.1, 0.15) is 25.3 Å². The van der Waals surface area contributed by atoms with E-state index in [0.717, 1.165) is 6.26 Å². The number of amides is 1. The highest BCUT2D eigenvalue weighted by molar-refractivity contribution is 7.88. The van der Waals surface area contributed by atoms with Gasteiger partial charge in [-0.15, -0.1) is 0 Å². The van der Waals surface area contributed by atoms with Gasteiger partial charge in [0.05, 0.1) is 23.9 Å². The van der Waals surface area contributed by atoms with E-state index in [2.05, 4.69) is 10.0 Å². The average molecular weight is 350 g/mol. The van der Waals surface area contributed by atoms with Crippen molar-refractivity contribution >= 4 is 21.6 Å². The molecule has 1 aliphatic rings. The van der Waals surface area contributed by atoms with Gasteiger partial charge in [0.25, 0.3) is 0 Å². The summed E-state index contributed by atoms with van der Waals surface area (Å²) in [6, 6.07) is 8.42. The van der Waals surface area contributed by atoms with E-state index in [4.69, 9.17) is 5.26 Å². The third kappa shape index (κ3) is 5.30. The van der Waals surface area contributed by atoms with Crippen molar-refractivity contribution < 1.29 is 13.2 Å². The molecule has 0 aromatic heterocycles. The smallest absolute Gasteiger partial charge is 0.241 e. The van der Waals surface area contributed by atoms with E-state index in [0.29, 0.717) is 37.2 Å². The number of nitriles is 1. The molecule has 1 heterocycles. The third-order valence-electron chi connectivity index (χ3n) is 4.10. The van der Waals surface area contributed by atoms with Gasteiger partial charge in [0.2, 0.25) is 15.9 Å². The molecule has 0 radical (unpaired) electrons. The molecule has 1 aliphatic heterocycles. The second kappa shape index (κ2) is 7.75. The minimum absolute atomic E-state index is 0.0705. The third-order valence-corrected chi connectivity index (χ3v) is 4.86. The van der Waals surface area contributed by atoms with Gasteiger partial charge < -0.3 is 5.32 Å². The Kier molecular flexibility index (Phi) is 5.94. The first kappa shape index (κ1) is 18.4. The minimum atomic E-state index is -3.20. The number of carbonyl (C=O) groups is 1. The predicted molar refractivity (Wildman–Crippen MR) is 91.8 cm³/mol. The maximum Gasteiger partial charge on any atom is 0.241 e. The molecule has 2 rings (SSSR count). The van der Waals surface area contributed by atoms with Crippen LogP contribution in [-0.4, -0.2) is 50.7 Å². The zero-order valence-electron chi connectivity index (χ0n) is 13.8. The van der Waals surface area contributed by atoms with Crippen molar-refractivity contribution in [3.05, 3.63) is 29.8 Å². The van der Waals surface area contributed by atoms with Gasteiger partial charge in [0, 0.05) is 24.8 Å². The lowest BCUT2D eigenvalue weighted by Crippen LogP contribution is -2.50. The fourth-order valence-corrected chi connectivity index (χ4v) is 3.63. The van der Waals surface area contributed by atoms with E-state index >= 15 is 0 Å². The Hall–Kier alpha value is -1.95. The van der Waals surface area contributed by atoms with Crippen LogP contribution in [-0.2, 0) is 14.8 Å². The zero-order chi connectivity index (χ0) is 17.7. The molecule has 24 heavy (non-hydrogen) atoms. The number of benzene rings is 1. The molecule has 1 saturated heterocycles. The lowest BCUT2D eigenvalue weighted by molar-refractivity contribution is -0.121. The van der Waals surface area contributed by atoms with Crippen LogP contribution in [0.4, 0.5) is 5.69 Å². The maximum atomic E-state index is 12.4. The minimum Gasteiger partial charge on any atom is -0.325 e. The molecule has 7 nitrogen and oxygen atoms in total. The number of nitrogens with one attached hydrogen (secondary N) is 2. The SMILES string of the molecule is CC(C(=O)Nc1cccc(C#N)c1)N1CCC(NS(C)(=O)=O)CC1. The lowest BCUT2D eigenvalue weighted by Gasteiger charge is -2.35. The van der Waals surface area contributed by atoms with E-state index in [1.54, 1.807) is 24.3 Å². The average Bonchev–Trinajstić information content (AvgIpc) is 2.53. The van der Waals surface area contributed by atoms with Crippen LogP contribution in [0.15, 0.2) is 24.3 Å². The molecule has 1 aromatic rings. The van der Waals surface area contributed by atoms with Gasteiger partial charge in [-0.3, -0.25) is 9.69 Å². The second-order valence-electron chi connectivity index (χ2n) is 6.06. The van der Waals surface area contributed by atoms with Crippen molar-refractivity contribution in [3.8, 4) is 6.07 Å². The maximum absolute atomic E-state index is 12.4. The first-order chi connectivity index (χ1) is 11.3. The molecule has 130 valence electrons. The molecule has 2 N–H and O–H groups in total. The fourth-order valence-electron chi connectivity index (χ4n) is 2.79. The number of sulfonamides is 1. The van der Waals surface area contributed by atoms with Crippen molar-refractivity contribution in [3.63, 3.8) is 0 Å². The quantitative estimate of drug-likeness (QED) is 0.821. The van der Waals surface area contributed by atoms with E-state index in [1.165, 1.54) is 0 Å². The summed E-state index contributed by atoms with van der Waals surface area (Å²) >= 11 is 0. The first-order valence-corrected chi connectivity index (χ1v) is 9.70. The highest BCUT2D eigenvalue weighted by Gasteiger charge is 2.27. The van der Waals surface area contributed by atoms with Crippen molar-refractivity contribution in [2.75, 3.05) is 24.7 Å². The van der Waals surface area contributed by atoms with Gasteiger partial charge in [-0.25, -0.2) is 13.1 Å². The monoisotopic (exact) mass is 350 g/mol. The number of hydrogen-bond donors (Lipinski definition) is 2. The Balaban J connectivity index is 1.89. The lowest BCUT2D eigenvalue weighted by atomic mass is 10.0. The Morgan fingerprint density at radius 1 is 1.38 bits per heavy atom. The number of carbonyl (C=O) groups excluding carboxylic acids is 1. The summed E-state index contributed by atoms with van der Waals surface area (Å²) in [4.78, 5) is 14.4. The van der Waals surface area contributed by atoms with Crippen LogP contribution in [0, 0.1) is 11.3 Å². The molecule has 1 amide bonds. The molecular weight excluding hydrogens is 328 g/mol. The Morgan fingerprint density at radius 3 is 2.62 bits per heavy atom. The summed E-state index contributed by atoms with van der Waals surface area (Å²) in [6.45, 7) is 3.13. The molecule has 1 atom stereocenters. The number of anilines is 1. The summed E-state index contributed by atoms with van der Waals surface area (Å²) in [5.41, 5.74) is 1.09. The summed E-state index contributed by atoms with van der Waals surface area (Å²) < 4.78 is 25.1. The fraction of sp³-hybridized carbons (Fsp3) is 0.500. The molecule has 0 spiro atoms. The molecule has 0 saturated carbocycles. The van der Waals surface area contributed by atoms with E-state index < -0.39 is 10.0 Å². The second-order valence-corrected chi connectivity index (χ2v) is 7.84. The van der Waals surface area contributed by atoms with E-state index in [-0.39, 0.29) is 18.0 Å². The van der Waals surface area contributed by atoms with E-state index in [9.17, 15) is 13.2 Å². The molecule has 1 unspecified atom stereocenters. The largest absolute Gasteiger partial charge is 0.325 e. The zero-order valence-corrected chi connectivity index (χ0v) is 14.6. The standard InChI is InChI=1S/C16H22N4O3S/c1-12(16(21)18-15-5-3-4-13(10-15)11-17)20-8-6-14(7-9-20)19-24(2,22)23/h3-5,10,12,14,19H,6-9H2,1-2H3,(H,18,21). The number of hydrogen-bond acceptors (Lipinski definition) is 5. The van der Waals surface area contributed by atoms with Gasteiger partial charge in [-0.2, -0.15) is 5.26 Å². The number of nitrogens with zero attached hydrogens (tertiary/aromatic N) is 2. The topological polar surface area (TPSA) is 102 Å². The van der Waals surface area contributed by atoms with Gasteiger partial charge >= 0.3 is 0 Å². The number of piperidine rings is 1. The molecule has 0 aliphatic carbocycles. The molecule has 8 heteroatoms. The molecule has 0 bridgehead atoms. The van der Waals surface area contributed by atoms with Crippen LogP contribution in [0.5, 0.6) is 0 Å². The molecule has 1 aromatic carbocycles. The van der Waals surface area contributed by atoms with Crippen molar-refractivity contribution in [1.29, 1.82) is 5.26 Å². The summed E-state index contributed by atoms with van der Waals surface area (Å²) in [5, 5.41) is 11.7. The Morgan fingerprint density at radius 2 is 2.04 bits per heavy atom. The Labute approximate surface area is 142 Å². The molecule has 1 fully saturated rings. The van der Waals surface area contributed by atoms with Crippen LogP contribution in [0.3, 0.4) is 0 Å². The van der Waals surface area contributed by atoms with Gasteiger partial charge in [-0.1, -0.05) is 6.07 Å². The van der Waals surface area contributed by atoms with Crippen LogP contribution in [0.2, 0.25) is 0 Å². The van der Waals surface area contributed by atoms with Crippen molar-refractivity contribution in [2.45, 2.75) is 31.8 Å². The van der Waals surface area contributed by atoms with Gasteiger partial charge in [0.15, 0.2) is 0 Å². The highest BCUT2D eigenvalue weighted by Crippen LogP contribution is 2.16. The van der Waals surface area contributed by atoms with Crippen LogP contribution >= 0.6 is 0 Å². The Bertz CT molecular complexity index is 734. The first-order valence-electron chi connectivity index (χ1n) is 7.81. The number of rotatable bonds is 5. The summed E-state index contributed by atoms with van der Waals surface area (Å²) in [5.74, 6) is -0.139. The normalized spacial score (nSPS) is 17.9. The highest BCUT2D eigenvalue weighted by atomic mass is 32.2. The summed E-state index contributed by atoms with van der Waals surface area (Å²) in [7, 11) is -3.20. The van der Waals surface area contributed by atoms with Gasteiger partial charge in [-0.05, 0) is 38.0 Å².